The second-order valence-corrected chi connectivity index (χ2v) is 8.38. The Bertz CT molecular complexity index is 1190. The summed E-state index contributed by atoms with van der Waals surface area (Å²) < 4.78 is 6.19. The van der Waals surface area contributed by atoms with E-state index in [-0.39, 0.29) is 17.9 Å². The molecule has 31 heavy (non-hydrogen) atoms. The maximum absolute atomic E-state index is 13.2. The maximum atomic E-state index is 13.2. The van der Waals surface area contributed by atoms with Gasteiger partial charge in [-0.05, 0) is 41.0 Å². The van der Waals surface area contributed by atoms with E-state index in [9.17, 15) is 4.79 Å². The quantitative estimate of drug-likeness (QED) is 0.594. The Morgan fingerprint density at radius 3 is 2.58 bits per heavy atom. The van der Waals surface area contributed by atoms with Crippen molar-refractivity contribution in [3.63, 3.8) is 0 Å². The molecular weight excluding hydrogens is 456 g/mol. The zero-order valence-electron chi connectivity index (χ0n) is 16.8. The number of oxime groups is 1. The van der Waals surface area contributed by atoms with Gasteiger partial charge in [-0.25, -0.2) is 4.99 Å². The minimum absolute atomic E-state index is 0.128. The van der Waals surface area contributed by atoms with Gasteiger partial charge in [0.25, 0.3) is 5.91 Å². The highest BCUT2D eigenvalue weighted by Gasteiger charge is 2.37. The van der Waals surface area contributed by atoms with Crippen LogP contribution in [-0.2, 0) is 9.63 Å². The zero-order valence-corrected chi connectivity index (χ0v) is 18.4. The van der Waals surface area contributed by atoms with E-state index in [4.69, 9.17) is 9.57 Å². The number of rotatable bonds is 4. The fourth-order valence-electron chi connectivity index (χ4n) is 4.09. The lowest BCUT2D eigenvalue weighted by Crippen LogP contribution is -2.27. The number of carbonyl (C=O) groups is 1. The molecule has 0 radical (unpaired) electrons. The summed E-state index contributed by atoms with van der Waals surface area (Å²) in [7, 11) is 1.64. The van der Waals surface area contributed by atoms with Gasteiger partial charge < -0.3 is 9.57 Å². The van der Waals surface area contributed by atoms with Crippen LogP contribution in [-0.4, -0.2) is 24.4 Å². The van der Waals surface area contributed by atoms with Crippen molar-refractivity contribution in [1.82, 2.24) is 0 Å². The second-order valence-electron chi connectivity index (χ2n) is 7.47. The van der Waals surface area contributed by atoms with Crippen molar-refractivity contribution in [2.24, 2.45) is 16.1 Å². The second kappa shape index (κ2) is 8.12. The van der Waals surface area contributed by atoms with Crippen LogP contribution >= 0.6 is 15.9 Å². The number of fused-ring (bicyclic) bond motifs is 1. The molecular formula is C25H19BrN2O3. The first-order valence-electron chi connectivity index (χ1n) is 9.99. The molecule has 0 N–H and O–H groups in total. The minimum Gasteiger partial charge on any atom is -0.497 e. The first-order valence-corrected chi connectivity index (χ1v) is 10.8. The van der Waals surface area contributed by atoms with Crippen LogP contribution in [0.4, 0.5) is 0 Å². The highest BCUT2D eigenvalue weighted by Crippen LogP contribution is 2.40. The van der Waals surface area contributed by atoms with Crippen LogP contribution in [0.2, 0.25) is 0 Å². The Kier molecular flexibility index (Phi) is 5.16. The zero-order chi connectivity index (χ0) is 21.4. The Morgan fingerprint density at radius 1 is 1.06 bits per heavy atom. The Balaban J connectivity index is 1.55. The van der Waals surface area contributed by atoms with E-state index in [1.165, 1.54) is 0 Å². The molecule has 5 rings (SSSR count). The van der Waals surface area contributed by atoms with Crippen molar-refractivity contribution in [1.29, 1.82) is 0 Å². The number of benzene rings is 2. The number of ether oxygens (including phenoxy) is 1. The molecule has 2 heterocycles. The third kappa shape index (κ3) is 3.68. The van der Waals surface area contributed by atoms with Gasteiger partial charge in [0, 0.05) is 16.8 Å². The lowest BCUT2D eigenvalue weighted by Gasteiger charge is -2.27. The van der Waals surface area contributed by atoms with Crippen molar-refractivity contribution in [2.45, 2.75) is 12.5 Å². The van der Waals surface area contributed by atoms with Crippen LogP contribution in [0.3, 0.4) is 0 Å². The first-order chi connectivity index (χ1) is 15.1. The highest BCUT2D eigenvalue weighted by atomic mass is 79.9. The van der Waals surface area contributed by atoms with Crippen molar-refractivity contribution in [3.8, 4) is 5.75 Å². The lowest BCUT2D eigenvalue weighted by molar-refractivity contribution is -0.113. The molecule has 5 nitrogen and oxygen atoms in total. The SMILES string of the molecule is COc1ccc(C2CC(C3=C(c4ccccc4)C4C=C(Br)C=CC4=NC3=O)=NO2)cc1. The summed E-state index contributed by atoms with van der Waals surface area (Å²) in [5.74, 6) is 0.375. The molecule has 1 amide bonds. The highest BCUT2D eigenvalue weighted by molar-refractivity contribution is 9.11. The van der Waals surface area contributed by atoms with Crippen LogP contribution in [0, 0.1) is 5.92 Å². The molecule has 0 spiro atoms. The predicted octanol–water partition coefficient (Wildman–Crippen LogP) is 5.41. The molecule has 6 heteroatoms. The number of aliphatic imine (C=N–C) groups is 1. The molecule has 0 aromatic heterocycles. The van der Waals surface area contributed by atoms with Crippen molar-refractivity contribution in [2.75, 3.05) is 7.11 Å². The van der Waals surface area contributed by atoms with Gasteiger partial charge in [-0.2, -0.15) is 0 Å². The molecule has 0 bridgehead atoms. The summed E-state index contributed by atoms with van der Waals surface area (Å²) >= 11 is 3.57. The van der Waals surface area contributed by atoms with Gasteiger partial charge >= 0.3 is 0 Å². The Labute approximate surface area is 188 Å². The number of amides is 1. The summed E-state index contributed by atoms with van der Waals surface area (Å²) in [6, 6.07) is 17.6. The molecule has 2 atom stereocenters. The molecule has 2 unspecified atom stereocenters. The number of nitrogens with zero attached hydrogens (tertiary/aromatic N) is 2. The van der Waals surface area contributed by atoms with Gasteiger partial charge in [0.15, 0.2) is 6.10 Å². The van der Waals surface area contributed by atoms with Crippen LogP contribution in [0.15, 0.2) is 93.0 Å². The van der Waals surface area contributed by atoms with E-state index in [0.717, 1.165) is 32.6 Å². The third-order valence-corrected chi connectivity index (χ3v) is 6.14. The fraction of sp³-hybridized carbons (Fsp3) is 0.160. The van der Waals surface area contributed by atoms with E-state index in [1.54, 1.807) is 7.11 Å². The number of dihydropyridines is 1. The average molecular weight is 475 g/mol. The lowest BCUT2D eigenvalue weighted by atomic mass is 9.79. The third-order valence-electron chi connectivity index (χ3n) is 5.61. The number of halogens is 1. The van der Waals surface area contributed by atoms with Gasteiger partial charge in [0.1, 0.15) is 5.75 Å². The fourth-order valence-corrected chi connectivity index (χ4v) is 4.49. The summed E-state index contributed by atoms with van der Waals surface area (Å²) in [6.07, 6.45) is 6.12. The minimum atomic E-state index is -0.279. The van der Waals surface area contributed by atoms with Gasteiger partial charge in [-0.3, -0.25) is 4.79 Å². The summed E-state index contributed by atoms with van der Waals surface area (Å²) in [6.45, 7) is 0. The van der Waals surface area contributed by atoms with Gasteiger partial charge in [-0.1, -0.05) is 69.6 Å². The van der Waals surface area contributed by atoms with E-state index < -0.39 is 0 Å². The van der Waals surface area contributed by atoms with E-state index >= 15 is 0 Å². The van der Waals surface area contributed by atoms with Crippen LogP contribution < -0.4 is 4.74 Å². The van der Waals surface area contributed by atoms with Gasteiger partial charge in [-0.15, -0.1) is 0 Å². The summed E-state index contributed by atoms with van der Waals surface area (Å²) in [5, 5.41) is 4.33. The number of methoxy groups -OCH3 is 1. The molecule has 0 saturated heterocycles. The molecule has 1 aliphatic carbocycles. The van der Waals surface area contributed by atoms with Crippen LogP contribution in [0.25, 0.3) is 5.57 Å². The number of allylic oxidation sites excluding steroid dienone is 5. The largest absolute Gasteiger partial charge is 0.497 e. The maximum Gasteiger partial charge on any atom is 0.279 e. The predicted molar refractivity (Wildman–Crippen MR) is 124 cm³/mol. The molecule has 3 aliphatic rings. The molecule has 154 valence electrons. The van der Waals surface area contributed by atoms with Crippen LogP contribution in [0.1, 0.15) is 23.7 Å². The standard InChI is InChI=1S/C25H19BrN2O3/c1-30-18-10-7-15(8-11-18)22-14-21(28-31-22)24-23(16-5-3-2-4-6-16)19-13-17(26)9-12-20(19)27-25(24)29/h2-13,19,22H,14H2,1H3. The Hall–Kier alpha value is -3.25. The molecule has 2 aliphatic heterocycles. The van der Waals surface area contributed by atoms with E-state index in [0.29, 0.717) is 17.7 Å². The molecule has 2 aromatic carbocycles. The van der Waals surface area contributed by atoms with Crippen molar-refractivity contribution < 1.29 is 14.4 Å². The van der Waals surface area contributed by atoms with Gasteiger partial charge in [0.05, 0.1) is 24.1 Å². The Morgan fingerprint density at radius 2 is 1.84 bits per heavy atom. The van der Waals surface area contributed by atoms with Crippen molar-refractivity contribution in [3.05, 3.63) is 94.0 Å². The topological polar surface area (TPSA) is 60.2 Å². The monoisotopic (exact) mass is 474 g/mol. The summed E-state index contributed by atoms with van der Waals surface area (Å²) in [4.78, 5) is 23.3. The first kappa shape index (κ1) is 19.7. The smallest absolute Gasteiger partial charge is 0.279 e. The average Bonchev–Trinajstić information content (AvgIpc) is 3.29. The number of hydrogen-bond acceptors (Lipinski definition) is 4. The molecule has 0 fully saturated rings. The van der Waals surface area contributed by atoms with E-state index in [1.807, 2.05) is 66.7 Å². The molecule has 2 aromatic rings. The normalized spacial score (nSPS) is 22.4. The van der Waals surface area contributed by atoms with Crippen molar-refractivity contribution >= 4 is 38.8 Å². The van der Waals surface area contributed by atoms with Crippen LogP contribution in [0.5, 0.6) is 5.75 Å². The van der Waals surface area contributed by atoms with Gasteiger partial charge in [0.2, 0.25) is 0 Å². The van der Waals surface area contributed by atoms with E-state index in [2.05, 4.69) is 32.2 Å². The summed E-state index contributed by atoms with van der Waals surface area (Å²) in [5.41, 5.74) is 4.77. The number of carbonyl (C=O) groups excluding carboxylic acids is 1. The number of hydrogen-bond donors (Lipinski definition) is 0. The molecule has 0 saturated carbocycles.